The van der Waals surface area contributed by atoms with Crippen LogP contribution in [0.15, 0.2) is 42.6 Å². The molecule has 4 rings (SSSR count). The molecule has 5 nitrogen and oxygen atoms in total. The van der Waals surface area contributed by atoms with Crippen LogP contribution in [0.2, 0.25) is 0 Å². The average Bonchev–Trinajstić information content (AvgIpc) is 3.53. The predicted octanol–water partition coefficient (Wildman–Crippen LogP) is 2.73. The lowest BCUT2D eigenvalue weighted by Crippen LogP contribution is -2.36. The molecular weight excluding hydrogens is 314 g/mol. The number of benzene rings is 1. The first-order valence-corrected chi connectivity index (χ1v) is 8.95. The van der Waals surface area contributed by atoms with E-state index in [1.165, 1.54) is 18.5 Å². The second-order valence-corrected chi connectivity index (χ2v) is 6.69. The maximum absolute atomic E-state index is 12.3. The van der Waals surface area contributed by atoms with Crippen molar-refractivity contribution in [2.24, 2.45) is 0 Å². The molecule has 0 unspecified atom stereocenters. The summed E-state index contributed by atoms with van der Waals surface area (Å²) >= 11 is 0. The van der Waals surface area contributed by atoms with Crippen molar-refractivity contribution >= 4 is 11.6 Å². The first-order chi connectivity index (χ1) is 12.3. The molecule has 2 heterocycles. The number of morpholine rings is 1. The van der Waals surface area contributed by atoms with Crippen molar-refractivity contribution in [3.8, 4) is 0 Å². The Bertz CT molecular complexity index is 718. The number of ether oxygens (including phenoxy) is 1. The van der Waals surface area contributed by atoms with Crippen LogP contribution in [0.5, 0.6) is 0 Å². The molecule has 0 spiro atoms. The van der Waals surface area contributed by atoms with Crippen molar-refractivity contribution in [1.82, 2.24) is 10.3 Å². The molecule has 25 heavy (non-hydrogen) atoms. The van der Waals surface area contributed by atoms with Crippen LogP contribution in [0.3, 0.4) is 0 Å². The maximum atomic E-state index is 12.3. The molecule has 1 aliphatic heterocycles. The zero-order valence-corrected chi connectivity index (χ0v) is 14.3. The zero-order valence-electron chi connectivity index (χ0n) is 14.3. The van der Waals surface area contributed by atoms with Crippen LogP contribution < -0.4 is 10.2 Å². The van der Waals surface area contributed by atoms with Crippen molar-refractivity contribution in [3.05, 3.63) is 59.4 Å². The van der Waals surface area contributed by atoms with E-state index >= 15 is 0 Å². The molecule has 0 bridgehead atoms. The fourth-order valence-corrected chi connectivity index (χ4v) is 3.09. The Hall–Kier alpha value is -2.40. The lowest BCUT2D eigenvalue weighted by Gasteiger charge is -2.28. The van der Waals surface area contributed by atoms with Crippen LogP contribution >= 0.6 is 0 Å². The van der Waals surface area contributed by atoms with Gasteiger partial charge in [-0.3, -0.25) is 9.78 Å². The van der Waals surface area contributed by atoms with Gasteiger partial charge in [0.1, 0.15) is 0 Å². The molecule has 1 N–H and O–H groups in total. The van der Waals surface area contributed by atoms with Crippen LogP contribution in [-0.2, 0) is 11.3 Å². The van der Waals surface area contributed by atoms with Crippen molar-refractivity contribution in [1.29, 1.82) is 0 Å². The highest BCUT2D eigenvalue weighted by molar-refractivity contribution is 5.94. The summed E-state index contributed by atoms with van der Waals surface area (Å²) in [5.74, 6) is 0.605. The molecule has 1 saturated heterocycles. The van der Waals surface area contributed by atoms with Gasteiger partial charge in [-0.25, -0.2) is 0 Å². The highest BCUT2D eigenvalue weighted by Crippen LogP contribution is 2.38. The third kappa shape index (κ3) is 3.99. The van der Waals surface area contributed by atoms with Crippen LogP contribution in [0.1, 0.15) is 40.4 Å². The lowest BCUT2D eigenvalue weighted by molar-refractivity contribution is 0.0951. The Kier molecular flexibility index (Phi) is 4.65. The maximum Gasteiger partial charge on any atom is 0.251 e. The summed E-state index contributed by atoms with van der Waals surface area (Å²) in [5.41, 5.74) is 4.02. The Morgan fingerprint density at radius 1 is 1.12 bits per heavy atom. The Morgan fingerprint density at radius 3 is 2.52 bits per heavy atom. The quantitative estimate of drug-likeness (QED) is 0.911. The number of pyridine rings is 1. The Labute approximate surface area is 148 Å². The standard InChI is InChI=1S/C20H23N3O2/c24-20(22-14-15-1-8-19(21-13-15)16-2-3-16)17-4-6-18(7-5-17)23-9-11-25-12-10-23/h1,4-8,13,16H,2-3,9-12,14H2,(H,22,24). The van der Waals surface area contributed by atoms with Gasteiger partial charge in [-0.1, -0.05) is 6.07 Å². The molecule has 1 aromatic heterocycles. The molecule has 1 amide bonds. The largest absolute Gasteiger partial charge is 0.378 e. The molecule has 5 heteroatoms. The van der Waals surface area contributed by atoms with Gasteiger partial charge in [0, 0.05) is 48.7 Å². The van der Waals surface area contributed by atoms with E-state index in [2.05, 4.69) is 27.3 Å². The third-order valence-electron chi connectivity index (χ3n) is 4.80. The van der Waals surface area contributed by atoms with Gasteiger partial charge in [0.2, 0.25) is 0 Å². The number of nitrogens with one attached hydrogen (secondary N) is 1. The zero-order chi connectivity index (χ0) is 17.1. The summed E-state index contributed by atoms with van der Waals surface area (Å²) in [5, 5.41) is 2.97. The SMILES string of the molecule is O=C(NCc1ccc(C2CC2)nc1)c1ccc(N2CCOCC2)cc1. The molecular formula is C20H23N3O2. The Balaban J connectivity index is 1.32. The first-order valence-electron chi connectivity index (χ1n) is 8.95. The van der Waals surface area contributed by atoms with E-state index in [-0.39, 0.29) is 5.91 Å². The number of nitrogens with zero attached hydrogens (tertiary/aromatic N) is 2. The molecule has 2 aliphatic rings. The minimum atomic E-state index is -0.0557. The molecule has 2 aromatic rings. The van der Waals surface area contributed by atoms with Gasteiger partial charge in [0.25, 0.3) is 5.91 Å². The highest BCUT2D eigenvalue weighted by atomic mass is 16.5. The smallest absolute Gasteiger partial charge is 0.251 e. The van der Waals surface area contributed by atoms with Crippen LogP contribution in [0, 0.1) is 0 Å². The summed E-state index contributed by atoms with van der Waals surface area (Å²) in [4.78, 5) is 19.1. The van der Waals surface area contributed by atoms with Gasteiger partial charge in [0.05, 0.1) is 13.2 Å². The normalized spacial score (nSPS) is 17.4. The molecule has 2 fully saturated rings. The van der Waals surface area contributed by atoms with Crippen LogP contribution in [-0.4, -0.2) is 37.2 Å². The molecule has 0 radical (unpaired) electrons. The fourth-order valence-electron chi connectivity index (χ4n) is 3.09. The summed E-state index contributed by atoms with van der Waals surface area (Å²) in [6.45, 7) is 3.82. The summed E-state index contributed by atoms with van der Waals surface area (Å²) in [6, 6.07) is 11.9. The van der Waals surface area contributed by atoms with Crippen molar-refractivity contribution in [2.45, 2.75) is 25.3 Å². The van der Waals surface area contributed by atoms with E-state index in [1.54, 1.807) is 0 Å². The van der Waals surface area contributed by atoms with E-state index in [9.17, 15) is 4.79 Å². The van der Waals surface area contributed by atoms with Crippen molar-refractivity contribution in [2.75, 3.05) is 31.2 Å². The van der Waals surface area contributed by atoms with E-state index in [4.69, 9.17) is 4.74 Å². The summed E-state index contributed by atoms with van der Waals surface area (Å²) in [7, 11) is 0. The third-order valence-corrected chi connectivity index (χ3v) is 4.80. The number of carbonyl (C=O) groups excluding carboxylic acids is 1. The van der Waals surface area contributed by atoms with E-state index in [0.29, 0.717) is 18.0 Å². The Morgan fingerprint density at radius 2 is 1.88 bits per heavy atom. The minimum Gasteiger partial charge on any atom is -0.378 e. The second-order valence-electron chi connectivity index (χ2n) is 6.69. The summed E-state index contributed by atoms with van der Waals surface area (Å²) < 4.78 is 5.37. The number of hydrogen-bond donors (Lipinski definition) is 1. The second kappa shape index (κ2) is 7.23. The number of amides is 1. The van der Waals surface area contributed by atoms with E-state index in [0.717, 1.165) is 37.6 Å². The topological polar surface area (TPSA) is 54.5 Å². The van der Waals surface area contributed by atoms with Crippen LogP contribution in [0.25, 0.3) is 0 Å². The number of anilines is 1. The molecule has 1 saturated carbocycles. The fraction of sp³-hybridized carbons (Fsp3) is 0.400. The summed E-state index contributed by atoms with van der Waals surface area (Å²) in [6.07, 6.45) is 4.38. The van der Waals surface area contributed by atoms with E-state index in [1.807, 2.05) is 30.5 Å². The monoisotopic (exact) mass is 337 g/mol. The minimum absolute atomic E-state index is 0.0557. The highest BCUT2D eigenvalue weighted by Gasteiger charge is 2.24. The number of rotatable bonds is 5. The molecule has 130 valence electrons. The molecule has 1 aromatic carbocycles. The number of carbonyl (C=O) groups is 1. The van der Waals surface area contributed by atoms with Crippen molar-refractivity contribution < 1.29 is 9.53 Å². The number of aromatic nitrogens is 1. The lowest BCUT2D eigenvalue weighted by atomic mass is 10.1. The van der Waals surface area contributed by atoms with Crippen LogP contribution in [0.4, 0.5) is 5.69 Å². The number of hydrogen-bond acceptors (Lipinski definition) is 4. The van der Waals surface area contributed by atoms with Gasteiger partial charge >= 0.3 is 0 Å². The first kappa shape index (κ1) is 16.1. The van der Waals surface area contributed by atoms with Gasteiger partial charge in [-0.2, -0.15) is 0 Å². The van der Waals surface area contributed by atoms with E-state index < -0.39 is 0 Å². The average molecular weight is 337 g/mol. The van der Waals surface area contributed by atoms with Gasteiger partial charge in [-0.15, -0.1) is 0 Å². The molecule has 1 aliphatic carbocycles. The molecule has 0 atom stereocenters. The van der Waals surface area contributed by atoms with Gasteiger partial charge < -0.3 is 15.0 Å². The van der Waals surface area contributed by atoms with Crippen molar-refractivity contribution in [3.63, 3.8) is 0 Å². The van der Waals surface area contributed by atoms with Gasteiger partial charge in [0.15, 0.2) is 0 Å². The predicted molar refractivity (Wildman–Crippen MR) is 96.9 cm³/mol. The van der Waals surface area contributed by atoms with Gasteiger partial charge in [-0.05, 0) is 48.7 Å².